The summed E-state index contributed by atoms with van der Waals surface area (Å²) in [5.41, 5.74) is 36.1. The molecule has 7 aliphatic rings. The van der Waals surface area contributed by atoms with Gasteiger partial charge in [-0.15, -0.1) is 0 Å². The van der Waals surface area contributed by atoms with Crippen LogP contribution in [0.1, 0.15) is 170 Å². The Morgan fingerprint density at radius 3 is 1.37 bits per heavy atom. The van der Waals surface area contributed by atoms with E-state index in [0.29, 0.717) is 17.5 Å². The Labute approximate surface area is 793 Å². The molecule has 0 saturated carbocycles. The number of benzene rings is 17. The van der Waals surface area contributed by atoms with E-state index in [1.807, 2.05) is 0 Å². The van der Waals surface area contributed by atoms with E-state index >= 15 is 0 Å². The molecule has 2 unspecified atom stereocenters. The van der Waals surface area contributed by atoms with E-state index in [-0.39, 0.29) is 27.8 Å². The van der Waals surface area contributed by atoms with Crippen LogP contribution in [-0.2, 0) is 38.9 Å². The Morgan fingerprint density at radius 2 is 0.794 bits per heavy atom. The third-order valence-corrected chi connectivity index (χ3v) is 32.4. The minimum Gasteiger partial charge on any atom is -0.344 e. The lowest BCUT2D eigenvalue weighted by Crippen LogP contribution is -2.40. The van der Waals surface area contributed by atoms with E-state index in [0.717, 1.165) is 101 Å². The van der Waals surface area contributed by atoms with Crippen molar-refractivity contribution in [3.05, 3.63) is 471 Å². The van der Waals surface area contributed by atoms with E-state index in [4.69, 9.17) is 24.9 Å². The second-order valence-electron chi connectivity index (χ2n) is 41.5. The van der Waals surface area contributed by atoms with Crippen LogP contribution in [0.15, 0.2) is 398 Å². The molecule has 0 radical (unpaired) electrons. The summed E-state index contributed by atoms with van der Waals surface area (Å²) in [5, 5.41) is 14.0. The fourth-order valence-corrected chi connectivity index (χ4v) is 25.5. The molecule has 1 N–H and O–H groups in total. The number of aromatic nitrogens is 5. The first-order valence-corrected chi connectivity index (χ1v) is 48.6. The van der Waals surface area contributed by atoms with Crippen LogP contribution in [0.25, 0.3) is 144 Å². The molecular weight excluding hydrogens is 1650 g/mol. The van der Waals surface area contributed by atoms with Gasteiger partial charge in [0.2, 0.25) is 0 Å². The van der Waals surface area contributed by atoms with Crippen molar-refractivity contribution in [1.82, 2.24) is 29.4 Å². The van der Waals surface area contributed by atoms with E-state index in [1.165, 1.54) is 171 Å². The van der Waals surface area contributed by atoms with Crippen molar-refractivity contribution in [2.75, 3.05) is 0 Å². The summed E-state index contributed by atoms with van der Waals surface area (Å²) in [6, 6.07) is 137. The predicted molar refractivity (Wildman–Crippen MR) is 561 cm³/mol. The number of rotatable bonds is 12. The molecule has 2 atom stereocenters. The van der Waals surface area contributed by atoms with Gasteiger partial charge in [-0.25, -0.2) is 24.9 Å². The van der Waals surface area contributed by atoms with Crippen molar-refractivity contribution < 1.29 is 0 Å². The van der Waals surface area contributed by atoms with Gasteiger partial charge < -0.3 is 14.5 Å². The van der Waals surface area contributed by atoms with Gasteiger partial charge in [-0.05, 0) is 284 Å². The average Bonchev–Trinajstić information content (AvgIpc) is 1.50. The number of amidine groups is 2. The lowest BCUT2D eigenvalue weighted by molar-refractivity contribution is 0.311. The molecule has 0 bridgehead atoms. The smallest absolute Gasteiger partial charge is 0.164 e. The molecular formula is C128H100N8. The first-order valence-electron chi connectivity index (χ1n) is 48.6. The largest absolute Gasteiger partial charge is 0.344 e. The zero-order valence-corrected chi connectivity index (χ0v) is 77.5. The van der Waals surface area contributed by atoms with Crippen LogP contribution in [0, 0.1) is 0 Å². The monoisotopic (exact) mass is 1750 g/mol. The van der Waals surface area contributed by atoms with Gasteiger partial charge in [-0.2, -0.15) is 0 Å². The highest BCUT2D eigenvalue weighted by molar-refractivity contribution is 6.23. The van der Waals surface area contributed by atoms with Crippen LogP contribution < -0.4 is 5.32 Å². The Morgan fingerprint density at radius 1 is 0.324 bits per heavy atom. The first kappa shape index (κ1) is 80.2. The van der Waals surface area contributed by atoms with Gasteiger partial charge in [0.15, 0.2) is 23.3 Å². The average molecular weight is 1750 g/mol. The van der Waals surface area contributed by atoms with Crippen LogP contribution in [0.3, 0.4) is 0 Å². The maximum atomic E-state index is 5.62. The number of nitrogens with one attached hydrogen (secondary N) is 1. The van der Waals surface area contributed by atoms with Gasteiger partial charge in [0.1, 0.15) is 12.0 Å². The number of nitrogens with zero attached hydrogens (tertiary/aromatic N) is 7. The number of hydrogen-bond donors (Lipinski definition) is 1. The third-order valence-electron chi connectivity index (χ3n) is 32.4. The summed E-state index contributed by atoms with van der Waals surface area (Å²) in [7, 11) is 0. The van der Waals surface area contributed by atoms with Crippen LogP contribution in [0.2, 0.25) is 0 Å². The maximum Gasteiger partial charge on any atom is 0.164 e. The topological polar surface area (TPSA) is 85.3 Å². The number of hydrogen-bond acceptors (Lipinski definition) is 6. The summed E-state index contributed by atoms with van der Waals surface area (Å²) in [6.07, 6.45) is 13.5. The molecule has 8 heteroatoms. The number of allylic oxidation sites excluding steroid dienone is 3. The summed E-state index contributed by atoms with van der Waals surface area (Å²) in [4.78, 5) is 27.7. The molecule has 1 spiro atoms. The highest BCUT2D eigenvalue weighted by atomic mass is 15.2. The van der Waals surface area contributed by atoms with Crippen molar-refractivity contribution in [1.29, 1.82) is 0 Å². The predicted octanol–water partition coefficient (Wildman–Crippen LogP) is 30.4. The molecule has 136 heavy (non-hydrogen) atoms. The highest BCUT2D eigenvalue weighted by Crippen LogP contribution is 2.64. The molecule has 1 aliphatic heterocycles. The zero-order valence-electron chi connectivity index (χ0n) is 77.5. The highest BCUT2D eigenvalue weighted by Gasteiger charge is 2.53. The quantitative estimate of drug-likeness (QED) is 0.132. The Kier molecular flexibility index (Phi) is 17.5. The molecule has 20 aromatic rings. The third kappa shape index (κ3) is 11.9. The van der Waals surface area contributed by atoms with Crippen molar-refractivity contribution in [2.24, 2.45) is 9.98 Å². The Bertz CT molecular complexity index is 8550. The van der Waals surface area contributed by atoms with Gasteiger partial charge in [-0.1, -0.05) is 346 Å². The minimum atomic E-state index is -0.721. The maximum absolute atomic E-state index is 5.62. The molecule has 4 heterocycles. The molecule has 0 amide bonds. The Hall–Kier alpha value is -15.5. The zero-order chi connectivity index (χ0) is 90.9. The summed E-state index contributed by atoms with van der Waals surface area (Å²) in [6.45, 7) is 17.2. The van der Waals surface area contributed by atoms with Crippen LogP contribution >= 0.6 is 0 Å². The van der Waals surface area contributed by atoms with Crippen LogP contribution in [0.5, 0.6) is 0 Å². The fourth-order valence-electron chi connectivity index (χ4n) is 25.5. The van der Waals surface area contributed by atoms with E-state index < -0.39 is 10.8 Å². The number of fused-ring (bicyclic) bond motifs is 25. The fraction of sp³-hybridized carbons (Fsp3) is 0.164. The molecule has 0 fully saturated rings. The van der Waals surface area contributed by atoms with Crippen molar-refractivity contribution in [3.63, 3.8) is 0 Å². The van der Waals surface area contributed by atoms with Gasteiger partial charge in [-0.3, -0.25) is 0 Å². The standard InChI is InChI=1S/C128H100N8/c1-123(2)66-67-124(3,4)109-75-113-99(73-107(109)123)116-92-41-17-15-31-80(92)58-65-112(116)136(113)90-39-29-37-85(71-90)121-131-118(82-34-12-9-13-35-82)130-120(134-121)84-36-28-38-88(70-84)127(101-47-23-18-42-93(101)94-43-19-24-48-102(94)127)87-59-52-78(53-60-87)77-126(7)69-68-125(5,6)108-74-100-114(76-110(108)126)135(111-64-57-79-30-14-16-40-91(79)115(100)111)89-61-54-83(55-62-89)119-129-117(81-32-10-8-11-33-81)132-122(133-119)86-56-63-98-97-46-22-27-51-105(97)128(106(98)72-86)103-49-25-20-44-95(103)96-45-21-26-50-104(96)128/h8-10,12-32,34-65,70-76,117H,11,33,66-69,77H2,1-7H3,(H,129,132,133). The van der Waals surface area contributed by atoms with Crippen molar-refractivity contribution >= 4 is 76.8 Å². The summed E-state index contributed by atoms with van der Waals surface area (Å²) >= 11 is 0. The van der Waals surface area contributed by atoms with Crippen molar-refractivity contribution in [3.8, 4) is 78.9 Å². The molecule has 6 aliphatic carbocycles. The van der Waals surface area contributed by atoms with E-state index in [9.17, 15) is 0 Å². The van der Waals surface area contributed by atoms with Crippen molar-refractivity contribution in [2.45, 2.75) is 132 Å². The lowest BCUT2D eigenvalue weighted by Gasteiger charge is -2.44. The molecule has 3 aromatic heterocycles. The second-order valence-corrected chi connectivity index (χ2v) is 41.5. The van der Waals surface area contributed by atoms with Crippen LogP contribution in [0.4, 0.5) is 0 Å². The minimum absolute atomic E-state index is 0.0139. The first-order chi connectivity index (χ1) is 66.5. The lowest BCUT2D eigenvalue weighted by atomic mass is 9.60. The summed E-state index contributed by atoms with van der Waals surface area (Å²) in [5.74, 6) is 3.37. The normalized spacial score (nSPS) is 17.9. The molecule has 27 rings (SSSR count). The number of aliphatic imine (C=N–C) groups is 2. The van der Waals surface area contributed by atoms with Crippen LogP contribution in [-0.4, -0.2) is 41.9 Å². The summed E-state index contributed by atoms with van der Waals surface area (Å²) < 4.78 is 5.05. The van der Waals surface area contributed by atoms with Gasteiger partial charge >= 0.3 is 0 Å². The molecule has 17 aromatic carbocycles. The van der Waals surface area contributed by atoms with Gasteiger partial charge in [0.25, 0.3) is 0 Å². The Balaban J connectivity index is 0.555. The van der Waals surface area contributed by atoms with Gasteiger partial charge in [0.05, 0.1) is 32.9 Å². The second kappa shape index (κ2) is 29.7. The van der Waals surface area contributed by atoms with E-state index in [1.54, 1.807) is 0 Å². The molecule has 8 nitrogen and oxygen atoms in total. The SMILES string of the molecule is CC1(C)CCC(C)(C)c2cc3c(cc21)c1c2ccccc2ccc1n3-c1cccc(-c2nc(-c3ccccc3)nc(-c3cccc(C4(c5ccc(CC6(C)CCC(C)(C)c7cc8c9c%10ccccc%10ccc9n(-c9ccc(C%10=NC(c%11ccc%12c(c%11)C%11(c%13ccccc%13-c%13ccccc%13%11)c%11ccccc%11-%12)=NC(C%11=CC=CCC%11)N%10)cc9)c8cc76)cc5)c5ccccc5-c5ccccc54)c3)n2)c1. The van der Waals surface area contributed by atoms with Gasteiger partial charge in [0, 0.05) is 60.7 Å². The molecule has 652 valence electrons. The molecule has 0 saturated heterocycles. The van der Waals surface area contributed by atoms with E-state index in [2.05, 4.69) is 445 Å².